The summed E-state index contributed by atoms with van der Waals surface area (Å²) in [5, 5.41) is 1.66. The Hall–Kier alpha value is -1.32. The van der Waals surface area contributed by atoms with Crippen LogP contribution in [0.25, 0.3) is 0 Å². The molecule has 0 spiro atoms. The molecule has 0 bridgehead atoms. The van der Waals surface area contributed by atoms with E-state index in [-0.39, 0.29) is 5.78 Å². The quantitative estimate of drug-likeness (QED) is 0.619. The number of halogens is 1. The first-order valence-corrected chi connectivity index (χ1v) is 6.86. The van der Waals surface area contributed by atoms with Crippen LogP contribution in [0, 0.1) is 0 Å². The van der Waals surface area contributed by atoms with Gasteiger partial charge in [-0.2, -0.15) is 0 Å². The molecular weight excluding hydrogens is 266 g/mol. The van der Waals surface area contributed by atoms with E-state index < -0.39 is 0 Å². The standard InChI is InChI=1S/C14H12ClNOS/c1-10(17)11-6-7-14(16-8-11)18-9-12-4-2-3-5-13(12)15/h2-8H,9H2,1H3. The van der Waals surface area contributed by atoms with Crippen molar-refractivity contribution in [2.24, 2.45) is 0 Å². The van der Waals surface area contributed by atoms with Gasteiger partial charge >= 0.3 is 0 Å². The first kappa shape index (κ1) is 13.1. The molecule has 1 heterocycles. The zero-order chi connectivity index (χ0) is 13.0. The van der Waals surface area contributed by atoms with Crippen LogP contribution in [0.15, 0.2) is 47.6 Å². The van der Waals surface area contributed by atoms with E-state index in [0.29, 0.717) is 5.56 Å². The molecule has 4 heteroatoms. The fraction of sp³-hybridized carbons (Fsp3) is 0.143. The van der Waals surface area contributed by atoms with Crippen molar-refractivity contribution in [1.29, 1.82) is 0 Å². The van der Waals surface area contributed by atoms with Crippen molar-refractivity contribution in [3.8, 4) is 0 Å². The zero-order valence-electron chi connectivity index (χ0n) is 9.89. The summed E-state index contributed by atoms with van der Waals surface area (Å²) in [6.07, 6.45) is 1.61. The summed E-state index contributed by atoms with van der Waals surface area (Å²) in [5.74, 6) is 0.802. The van der Waals surface area contributed by atoms with Crippen molar-refractivity contribution in [3.05, 3.63) is 58.7 Å². The molecule has 1 aromatic carbocycles. The maximum atomic E-state index is 11.1. The van der Waals surface area contributed by atoms with Gasteiger partial charge in [0.1, 0.15) is 0 Å². The number of benzene rings is 1. The van der Waals surface area contributed by atoms with Gasteiger partial charge < -0.3 is 0 Å². The maximum Gasteiger partial charge on any atom is 0.161 e. The lowest BCUT2D eigenvalue weighted by atomic mass is 10.2. The minimum atomic E-state index is 0.0325. The van der Waals surface area contributed by atoms with Crippen LogP contribution in [-0.4, -0.2) is 10.8 Å². The van der Waals surface area contributed by atoms with E-state index in [1.807, 2.05) is 30.3 Å². The van der Waals surface area contributed by atoms with Gasteiger partial charge in [-0.25, -0.2) is 4.98 Å². The van der Waals surface area contributed by atoms with Crippen LogP contribution in [0.5, 0.6) is 0 Å². The van der Waals surface area contributed by atoms with Gasteiger partial charge in [0.15, 0.2) is 5.78 Å². The lowest BCUT2D eigenvalue weighted by Gasteiger charge is -2.03. The van der Waals surface area contributed by atoms with Crippen LogP contribution >= 0.6 is 23.4 Å². The van der Waals surface area contributed by atoms with Crippen LogP contribution in [0.2, 0.25) is 5.02 Å². The number of Topliss-reactive ketones (excluding diaryl/α,β-unsaturated/α-hetero) is 1. The van der Waals surface area contributed by atoms with Crippen LogP contribution in [0.4, 0.5) is 0 Å². The third-order valence-corrected chi connectivity index (χ3v) is 3.84. The van der Waals surface area contributed by atoms with Gasteiger partial charge in [0, 0.05) is 22.5 Å². The summed E-state index contributed by atoms with van der Waals surface area (Å²) < 4.78 is 0. The van der Waals surface area contributed by atoms with Gasteiger partial charge in [-0.15, -0.1) is 11.8 Å². The predicted octanol–water partition coefficient (Wildman–Crippen LogP) is 4.23. The topological polar surface area (TPSA) is 30.0 Å². The Bertz CT molecular complexity index is 554. The number of pyridine rings is 1. The molecule has 0 amide bonds. The summed E-state index contributed by atoms with van der Waals surface area (Å²) in [7, 11) is 0. The number of carbonyl (C=O) groups is 1. The maximum absolute atomic E-state index is 11.1. The van der Waals surface area contributed by atoms with Crippen LogP contribution in [0.3, 0.4) is 0 Å². The van der Waals surface area contributed by atoms with Gasteiger partial charge in [-0.3, -0.25) is 4.79 Å². The Morgan fingerprint density at radius 2 is 2.06 bits per heavy atom. The molecule has 0 atom stereocenters. The van der Waals surface area contributed by atoms with E-state index in [4.69, 9.17) is 11.6 Å². The molecule has 0 N–H and O–H groups in total. The summed E-state index contributed by atoms with van der Waals surface area (Å²) in [6.45, 7) is 1.54. The van der Waals surface area contributed by atoms with Crippen LogP contribution < -0.4 is 0 Å². The molecule has 92 valence electrons. The van der Waals surface area contributed by atoms with E-state index in [9.17, 15) is 4.79 Å². The van der Waals surface area contributed by atoms with E-state index >= 15 is 0 Å². The van der Waals surface area contributed by atoms with Crippen molar-refractivity contribution < 1.29 is 4.79 Å². The van der Waals surface area contributed by atoms with E-state index in [2.05, 4.69) is 4.98 Å². The summed E-state index contributed by atoms with van der Waals surface area (Å²) >= 11 is 7.68. The second-order valence-corrected chi connectivity index (χ2v) is 5.22. The highest BCUT2D eigenvalue weighted by Gasteiger charge is 2.03. The number of hydrogen-bond acceptors (Lipinski definition) is 3. The lowest BCUT2D eigenvalue weighted by Crippen LogP contribution is -1.93. The predicted molar refractivity (Wildman–Crippen MR) is 75.3 cm³/mol. The van der Waals surface area contributed by atoms with Crippen LogP contribution in [0.1, 0.15) is 22.8 Å². The number of thioether (sulfide) groups is 1. The molecule has 0 aliphatic rings. The first-order valence-electron chi connectivity index (χ1n) is 5.50. The Kier molecular flexibility index (Phi) is 4.39. The van der Waals surface area contributed by atoms with Gasteiger partial charge in [0.05, 0.1) is 5.03 Å². The minimum absolute atomic E-state index is 0.0325. The number of hydrogen-bond donors (Lipinski definition) is 0. The van der Waals surface area contributed by atoms with Crippen LogP contribution in [-0.2, 0) is 5.75 Å². The third-order valence-electron chi connectivity index (χ3n) is 2.48. The Morgan fingerprint density at radius 3 is 2.67 bits per heavy atom. The highest BCUT2D eigenvalue weighted by Crippen LogP contribution is 2.25. The zero-order valence-corrected chi connectivity index (χ0v) is 11.5. The molecule has 2 nitrogen and oxygen atoms in total. The summed E-state index contributed by atoms with van der Waals surface area (Å²) in [5.41, 5.74) is 1.72. The number of ketones is 1. The number of nitrogens with zero attached hydrogens (tertiary/aromatic N) is 1. The van der Waals surface area contributed by atoms with Gasteiger partial charge in [0.2, 0.25) is 0 Å². The molecule has 0 fully saturated rings. The number of aromatic nitrogens is 1. The highest BCUT2D eigenvalue weighted by atomic mass is 35.5. The molecule has 2 aromatic rings. The third kappa shape index (κ3) is 3.34. The molecule has 2 rings (SSSR count). The Labute approximate surface area is 115 Å². The van der Waals surface area contributed by atoms with E-state index in [1.165, 1.54) is 6.92 Å². The number of carbonyl (C=O) groups excluding carboxylic acids is 1. The van der Waals surface area contributed by atoms with Gasteiger partial charge in [0.25, 0.3) is 0 Å². The molecule has 0 saturated heterocycles. The Balaban J connectivity index is 2.02. The SMILES string of the molecule is CC(=O)c1ccc(SCc2ccccc2Cl)nc1. The molecule has 0 aliphatic heterocycles. The highest BCUT2D eigenvalue weighted by molar-refractivity contribution is 7.98. The van der Waals surface area contributed by atoms with E-state index in [1.54, 1.807) is 24.0 Å². The fourth-order valence-corrected chi connectivity index (χ4v) is 2.57. The molecule has 0 radical (unpaired) electrons. The smallest absolute Gasteiger partial charge is 0.161 e. The minimum Gasteiger partial charge on any atom is -0.294 e. The lowest BCUT2D eigenvalue weighted by molar-refractivity contribution is 0.101. The van der Waals surface area contributed by atoms with Crippen molar-refractivity contribution >= 4 is 29.1 Å². The summed E-state index contributed by atoms with van der Waals surface area (Å²) in [6, 6.07) is 11.4. The average Bonchev–Trinajstić information content (AvgIpc) is 2.38. The van der Waals surface area contributed by atoms with Crippen molar-refractivity contribution in [3.63, 3.8) is 0 Å². The second-order valence-electron chi connectivity index (χ2n) is 3.82. The molecule has 0 saturated carbocycles. The molecular formula is C14H12ClNOS. The molecule has 0 unspecified atom stereocenters. The van der Waals surface area contributed by atoms with Gasteiger partial charge in [-0.1, -0.05) is 29.8 Å². The number of rotatable bonds is 4. The molecule has 18 heavy (non-hydrogen) atoms. The van der Waals surface area contributed by atoms with Crippen molar-refractivity contribution in [2.45, 2.75) is 17.7 Å². The van der Waals surface area contributed by atoms with E-state index in [0.717, 1.165) is 21.4 Å². The largest absolute Gasteiger partial charge is 0.294 e. The summed E-state index contributed by atoms with van der Waals surface area (Å²) in [4.78, 5) is 15.4. The molecule has 0 aliphatic carbocycles. The van der Waals surface area contributed by atoms with Gasteiger partial charge in [-0.05, 0) is 30.7 Å². The first-order chi connectivity index (χ1) is 8.66. The Morgan fingerprint density at radius 1 is 1.28 bits per heavy atom. The van der Waals surface area contributed by atoms with Crippen molar-refractivity contribution in [1.82, 2.24) is 4.98 Å². The average molecular weight is 278 g/mol. The van der Waals surface area contributed by atoms with Crippen molar-refractivity contribution in [2.75, 3.05) is 0 Å². The normalized spacial score (nSPS) is 10.3. The fourth-order valence-electron chi connectivity index (χ4n) is 1.44. The second kappa shape index (κ2) is 6.03. The monoisotopic (exact) mass is 277 g/mol. The molecule has 1 aromatic heterocycles.